The summed E-state index contributed by atoms with van der Waals surface area (Å²) in [5.74, 6) is 1.43. The topological polar surface area (TPSA) is 48.1 Å². The summed E-state index contributed by atoms with van der Waals surface area (Å²) >= 11 is 5.86. The predicted octanol–water partition coefficient (Wildman–Crippen LogP) is 4.67. The SMILES string of the molecule is CC(=CCC(C)N)c1cncc(Oc2ccc(Cl)cc2)c1. The van der Waals surface area contributed by atoms with Crippen LogP contribution in [0, 0.1) is 0 Å². The van der Waals surface area contributed by atoms with Gasteiger partial charge >= 0.3 is 0 Å². The Morgan fingerprint density at radius 3 is 2.67 bits per heavy atom. The fourth-order valence-corrected chi connectivity index (χ4v) is 1.94. The van der Waals surface area contributed by atoms with E-state index in [1.807, 2.05) is 38.2 Å². The van der Waals surface area contributed by atoms with Crippen LogP contribution in [0.15, 0.2) is 48.8 Å². The lowest BCUT2D eigenvalue weighted by molar-refractivity contribution is 0.480. The highest BCUT2D eigenvalue weighted by molar-refractivity contribution is 6.30. The van der Waals surface area contributed by atoms with Crippen LogP contribution in [-0.4, -0.2) is 11.0 Å². The molecule has 1 atom stereocenters. The lowest BCUT2D eigenvalue weighted by Gasteiger charge is -2.08. The number of nitrogens with zero attached hydrogens (tertiary/aromatic N) is 1. The Bertz CT molecular complexity index is 621. The third-order valence-corrected chi connectivity index (χ3v) is 3.27. The molecule has 2 N–H and O–H groups in total. The minimum absolute atomic E-state index is 0.154. The van der Waals surface area contributed by atoms with Gasteiger partial charge in [-0.15, -0.1) is 0 Å². The zero-order valence-electron chi connectivity index (χ0n) is 12.2. The quantitative estimate of drug-likeness (QED) is 0.873. The average Bonchev–Trinajstić information content (AvgIpc) is 2.47. The minimum Gasteiger partial charge on any atom is -0.456 e. The molecule has 3 nitrogen and oxygen atoms in total. The molecule has 2 aromatic rings. The highest BCUT2D eigenvalue weighted by Gasteiger charge is 2.02. The Hall–Kier alpha value is -1.84. The molecule has 0 bridgehead atoms. The largest absolute Gasteiger partial charge is 0.456 e. The van der Waals surface area contributed by atoms with Crippen molar-refractivity contribution in [1.82, 2.24) is 4.98 Å². The number of ether oxygens (including phenoxy) is 1. The maximum absolute atomic E-state index is 5.86. The second-order valence-electron chi connectivity index (χ2n) is 5.07. The van der Waals surface area contributed by atoms with Gasteiger partial charge in [0.05, 0.1) is 6.20 Å². The van der Waals surface area contributed by atoms with E-state index >= 15 is 0 Å². The van der Waals surface area contributed by atoms with Crippen molar-refractivity contribution >= 4 is 17.2 Å². The van der Waals surface area contributed by atoms with Crippen LogP contribution in [-0.2, 0) is 0 Å². The van der Waals surface area contributed by atoms with Crippen LogP contribution >= 0.6 is 11.6 Å². The Morgan fingerprint density at radius 2 is 2.00 bits per heavy atom. The monoisotopic (exact) mass is 302 g/mol. The normalized spacial score (nSPS) is 13.0. The van der Waals surface area contributed by atoms with E-state index in [1.54, 1.807) is 18.3 Å². The molecular weight excluding hydrogens is 284 g/mol. The van der Waals surface area contributed by atoms with Crippen LogP contribution in [0.5, 0.6) is 11.5 Å². The smallest absolute Gasteiger partial charge is 0.146 e. The molecule has 1 heterocycles. The van der Waals surface area contributed by atoms with Crippen LogP contribution in [0.4, 0.5) is 0 Å². The van der Waals surface area contributed by atoms with E-state index in [2.05, 4.69) is 11.1 Å². The van der Waals surface area contributed by atoms with Gasteiger partial charge in [0, 0.05) is 17.3 Å². The van der Waals surface area contributed by atoms with Crippen molar-refractivity contribution in [1.29, 1.82) is 0 Å². The molecule has 1 aromatic carbocycles. The number of halogens is 1. The van der Waals surface area contributed by atoms with Crippen molar-refractivity contribution in [3.63, 3.8) is 0 Å². The minimum atomic E-state index is 0.154. The second-order valence-corrected chi connectivity index (χ2v) is 5.50. The fraction of sp³-hybridized carbons (Fsp3) is 0.235. The molecule has 0 saturated carbocycles. The molecule has 0 fully saturated rings. The first-order valence-electron chi connectivity index (χ1n) is 6.86. The van der Waals surface area contributed by atoms with E-state index in [-0.39, 0.29) is 6.04 Å². The number of pyridine rings is 1. The van der Waals surface area contributed by atoms with Gasteiger partial charge in [-0.1, -0.05) is 17.7 Å². The van der Waals surface area contributed by atoms with E-state index in [0.717, 1.165) is 23.3 Å². The van der Waals surface area contributed by atoms with Crippen molar-refractivity contribution in [2.24, 2.45) is 5.73 Å². The van der Waals surface area contributed by atoms with E-state index in [4.69, 9.17) is 22.1 Å². The highest BCUT2D eigenvalue weighted by Crippen LogP contribution is 2.25. The maximum atomic E-state index is 5.86. The number of hydrogen-bond donors (Lipinski definition) is 1. The van der Waals surface area contributed by atoms with Crippen LogP contribution in [0.2, 0.25) is 5.02 Å². The molecule has 0 amide bonds. The summed E-state index contributed by atoms with van der Waals surface area (Å²) in [5, 5.41) is 0.684. The van der Waals surface area contributed by atoms with Gasteiger partial charge < -0.3 is 10.5 Å². The second kappa shape index (κ2) is 7.25. The molecule has 0 aliphatic rings. The number of hydrogen-bond acceptors (Lipinski definition) is 3. The molecule has 110 valence electrons. The molecule has 1 aromatic heterocycles. The van der Waals surface area contributed by atoms with Gasteiger partial charge in [-0.2, -0.15) is 0 Å². The number of nitrogens with two attached hydrogens (primary N) is 1. The van der Waals surface area contributed by atoms with Crippen LogP contribution in [0.1, 0.15) is 25.8 Å². The third-order valence-electron chi connectivity index (χ3n) is 3.01. The molecule has 0 radical (unpaired) electrons. The van der Waals surface area contributed by atoms with Crippen LogP contribution in [0.25, 0.3) is 5.57 Å². The van der Waals surface area contributed by atoms with Gasteiger partial charge in [0.2, 0.25) is 0 Å². The van der Waals surface area contributed by atoms with Gasteiger partial charge in [0.1, 0.15) is 11.5 Å². The summed E-state index contributed by atoms with van der Waals surface area (Å²) in [6, 6.07) is 9.36. The van der Waals surface area contributed by atoms with Crippen molar-refractivity contribution < 1.29 is 4.74 Å². The number of rotatable bonds is 5. The van der Waals surface area contributed by atoms with Gasteiger partial charge in [0.25, 0.3) is 0 Å². The number of aromatic nitrogens is 1. The van der Waals surface area contributed by atoms with Gasteiger partial charge in [-0.05, 0) is 61.7 Å². The van der Waals surface area contributed by atoms with Gasteiger partial charge in [-0.25, -0.2) is 0 Å². The van der Waals surface area contributed by atoms with Crippen molar-refractivity contribution in [3.8, 4) is 11.5 Å². The summed E-state index contributed by atoms with van der Waals surface area (Å²) in [4.78, 5) is 4.22. The molecule has 2 rings (SSSR count). The first-order valence-corrected chi connectivity index (χ1v) is 7.23. The molecule has 0 spiro atoms. The maximum Gasteiger partial charge on any atom is 0.146 e. The van der Waals surface area contributed by atoms with E-state index in [9.17, 15) is 0 Å². The standard InChI is InChI=1S/C17H19ClN2O/c1-12(3-4-13(2)19)14-9-17(11-20-10-14)21-16-7-5-15(18)6-8-16/h3,5-11,13H,4,19H2,1-2H3. The van der Waals surface area contributed by atoms with Crippen molar-refractivity contribution in [3.05, 3.63) is 59.4 Å². The van der Waals surface area contributed by atoms with E-state index in [0.29, 0.717) is 10.8 Å². The van der Waals surface area contributed by atoms with E-state index < -0.39 is 0 Å². The molecule has 1 unspecified atom stereocenters. The fourth-order valence-electron chi connectivity index (χ4n) is 1.81. The predicted molar refractivity (Wildman–Crippen MR) is 87.7 cm³/mol. The van der Waals surface area contributed by atoms with E-state index in [1.165, 1.54) is 0 Å². The zero-order chi connectivity index (χ0) is 15.2. The van der Waals surface area contributed by atoms with Crippen LogP contribution in [0.3, 0.4) is 0 Å². The zero-order valence-corrected chi connectivity index (χ0v) is 13.0. The molecule has 21 heavy (non-hydrogen) atoms. The Morgan fingerprint density at radius 1 is 1.29 bits per heavy atom. The third kappa shape index (κ3) is 4.88. The van der Waals surface area contributed by atoms with Gasteiger partial charge in [0.15, 0.2) is 0 Å². The molecule has 0 saturated heterocycles. The molecule has 0 aliphatic heterocycles. The summed E-state index contributed by atoms with van der Waals surface area (Å²) in [6.45, 7) is 4.04. The number of benzene rings is 1. The summed E-state index contributed by atoms with van der Waals surface area (Å²) < 4.78 is 5.78. The molecular formula is C17H19ClN2O. The Balaban J connectivity index is 2.14. The van der Waals surface area contributed by atoms with Crippen LogP contribution < -0.4 is 10.5 Å². The Kier molecular flexibility index (Phi) is 5.37. The average molecular weight is 303 g/mol. The summed E-state index contributed by atoms with van der Waals surface area (Å²) in [5.41, 5.74) is 7.94. The van der Waals surface area contributed by atoms with Crippen molar-refractivity contribution in [2.45, 2.75) is 26.3 Å². The number of allylic oxidation sites excluding steroid dienone is 1. The first kappa shape index (κ1) is 15.5. The van der Waals surface area contributed by atoms with Gasteiger partial charge in [-0.3, -0.25) is 4.98 Å². The van der Waals surface area contributed by atoms with Crippen molar-refractivity contribution in [2.75, 3.05) is 0 Å². The summed E-state index contributed by atoms with van der Waals surface area (Å²) in [6.07, 6.45) is 6.47. The lowest BCUT2D eigenvalue weighted by atomic mass is 10.1. The highest BCUT2D eigenvalue weighted by atomic mass is 35.5. The summed E-state index contributed by atoms with van der Waals surface area (Å²) in [7, 11) is 0. The first-order chi connectivity index (χ1) is 10.0. The molecule has 0 aliphatic carbocycles. The lowest BCUT2D eigenvalue weighted by Crippen LogP contribution is -2.12. The molecule has 4 heteroatoms. The Labute approximate surface area is 130 Å².